The molecular weight excluding hydrogens is 274 g/mol. The summed E-state index contributed by atoms with van der Waals surface area (Å²) in [5.41, 5.74) is 6.29. The van der Waals surface area contributed by atoms with E-state index in [4.69, 9.17) is 36.7 Å². The van der Waals surface area contributed by atoms with Gasteiger partial charge in [0, 0.05) is 11.6 Å². The molecule has 1 atom stereocenters. The molecule has 1 unspecified atom stereocenters. The third-order valence-corrected chi connectivity index (χ3v) is 2.94. The summed E-state index contributed by atoms with van der Waals surface area (Å²) in [7, 11) is 4.32. The molecule has 0 aliphatic carbocycles. The van der Waals surface area contributed by atoms with Crippen molar-refractivity contribution >= 4 is 17.6 Å². The van der Waals surface area contributed by atoms with Crippen LogP contribution in [0.15, 0.2) is 6.07 Å². The number of hydrogen-bond acceptors (Lipinski definition) is 5. The van der Waals surface area contributed by atoms with Gasteiger partial charge in [0.2, 0.25) is 0 Å². The zero-order valence-corrected chi connectivity index (χ0v) is 11.7. The lowest BCUT2D eigenvalue weighted by atomic mass is 10.0. The Balaban J connectivity index is 3.38. The first-order valence-electron chi connectivity index (χ1n) is 5.41. The normalized spacial score (nSPS) is 11.8. The van der Waals surface area contributed by atoms with Crippen molar-refractivity contribution in [3.05, 3.63) is 16.7 Å². The van der Waals surface area contributed by atoms with E-state index in [2.05, 4.69) is 0 Å². The van der Waals surface area contributed by atoms with Gasteiger partial charge >= 0.3 is 5.97 Å². The molecule has 1 aromatic carbocycles. The van der Waals surface area contributed by atoms with Crippen LogP contribution in [0.3, 0.4) is 0 Å². The molecule has 0 spiro atoms. The number of carboxylic acids is 1. The van der Waals surface area contributed by atoms with Gasteiger partial charge in [-0.2, -0.15) is 0 Å². The van der Waals surface area contributed by atoms with E-state index in [0.717, 1.165) is 0 Å². The zero-order chi connectivity index (χ0) is 14.6. The second-order valence-corrected chi connectivity index (χ2v) is 4.13. The van der Waals surface area contributed by atoms with Crippen LogP contribution in [0, 0.1) is 0 Å². The Kier molecular flexibility index (Phi) is 5.26. The van der Waals surface area contributed by atoms with Gasteiger partial charge in [0.15, 0.2) is 11.5 Å². The van der Waals surface area contributed by atoms with Gasteiger partial charge in [0.05, 0.1) is 27.8 Å². The van der Waals surface area contributed by atoms with Crippen LogP contribution in [-0.2, 0) is 4.79 Å². The minimum atomic E-state index is -1.01. The highest BCUT2D eigenvalue weighted by Crippen LogP contribution is 2.45. The van der Waals surface area contributed by atoms with Gasteiger partial charge in [-0.05, 0) is 6.07 Å². The Morgan fingerprint density at radius 3 is 2.32 bits per heavy atom. The van der Waals surface area contributed by atoms with Gasteiger partial charge in [-0.25, -0.2) is 0 Å². The first-order valence-corrected chi connectivity index (χ1v) is 5.79. The number of rotatable bonds is 6. The van der Waals surface area contributed by atoms with E-state index >= 15 is 0 Å². The van der Waals surface area contributed by atoms with Gasteiger partial charge in [0.1, 0.15) is 10.8 Å². The van der Waals surface area contributed by atoms with Crippen molar-refractivity contribution in [2.75, 3.05) is 21.3 Å². The van der Waals surface area contributed by atoms with E-state index < -0.39 is 12.0 Å². The first kappa shape index (κ1) is 15.4. The predicted molar refractivity (Wildman–Crippen MR) is 70.3 cm³/mol. The van der Waals surface area contributed by atoms with Crippen LogP contribution < -0.4 is 19.9 Å². The summed E-state index contributed by atoms with van der Waals surface area (Å²) in [6.07, 6.45) is -0.248. The number of nitrogens with two attached hydrogens (primary N) is 1. The molecule has 19 heavy (non-hydrogen) atoms. The third-order valence-electron chi connectivity index (χ3n) is 2.59. The summed E-state index contributed by atoms with van der Waals surface area (Å²) in [5, 5.41) is 8.99. The van der Waals surface area contributed by atoms with Crippen molar-refractivity contribution in [1.29, 1.82) is 0 Å². The summed E-state index contributed by atoms with van der Waals surface area (Å²) in [6.45, 7) is 0. The van der Waals surface area contributed by atoms with Crippen molar-refractivity contribution in [2.45, 2.75) is 12.5 Å². The van der Waals surface area contributed by atoms with Crippen LogP contribution in [0.5, 0.6) is 17.2 Å². The Morgan fingerprint density at radius 2 is 1.89 bits per heavy atom. The predicted octanol–water partition coefficient (Wildman–Crippen LogP) is 1.84. The molecule has 0 aromatic heterocycles. The SMILES string of the molecule is COc1cc(C(N)CC(=O)O)c(OC)c(Cl)c1OC. The minimum Gasteiger partial charge on any atom is -0.495 e. The fourth-order valence-electron chi connectivity index (χ4n) is 1.73. The molecule has 106 valence electrons. The van der Waals surface area contributed by atoms with E-state index in [0.29, 0.717) is 17.1 Å². The van der Waals surface area contributed by atoms with Crippen molar-refractivity contribution in [3.8, 4) is 17.2 Å². The number of benzene rings is 1. The summed E-state index contributed by atoms with van der Waals surface area (Å²) < 4.78 is 15.5. The van der Waals surface area contributed by atoms with Crippen molar-refractivity contribution in [2.24, 2.45) is 5.73 Å². The molecule has 0 saturated heterocycles. The van der Waals surface area contributed by atoms with E-state index in [1.807, 2.05) is 0 Å². The highest BCUT2D eigenvalue weighted by molar-refractivity contribution is 6.34. The highest BCUT2D eigenvalue weighted by atomic mass is 35.5. The van der Waals surface area contributed by atoms with Crippen LogP contribution >= 0.6 is 11.6 Å². The summed E-state index contributed by atoms with van der Waals surface area (Å²) in [6, 6.07) is 0.807. The lowest BCUT2D eigenvalue weighted by Gasteiger charge is -2.19. The van der Waals surface area contributed by atoms with E-state index in [1.165, 1.54) is 21.3 Å². The number of halogens is 1. The van der Waals surface area contributed by atoms with Gasteiger partial charge in [-0.15, -0.1) is 0 Å². The first-order chi connectivity index (χ1) is 8.96. The lowest BCUT2D eigenvalue weighted by Crippen LogP contribution is -2.16. The molecule has 0 aliphatic rings. The molecular formula is C12H16ClNO5. The molecule has 0 aliphatic heterocycles. The third kappa shape index (κ3) is 3.21. The van der Waals surface area contributed by atoms with Crippen molar-refractivity contribution < 1.29 is 24.1 Å². The Labute approximate surface area is 116 Å². The molecule has 7 heteroatoms. The number of methoxy groups -OCH3 is 3. The molecule has 6 nitrogen and oxygen atoms in total. The van der Waals surface area contributed by atoms with Crippen LogP contribution in [0.4, 0.5) is 0 Å². The second-order valence-electron chi connectivity index (χ2n) is 3.75. The van der Waals surface area contributed by atoms with E-state index in [1.54, 1.807) is 6.07 Å². The maximum absolute atomic E-state index is 10.7. The number of hydrogen-bond donors (Lipinski definition) is 2. The quantitative estimate of drug-likeness (QED) is 0.830. The summed E-state index contributed by atoms with van der Waals surface area (Å²) in [5.74, 6) is -0.0510. The van der Waals surface area contributed by atoms with Crippen molar-refractivity contribution in [3.63, 3.8) is 0 Å². The molecule has 0 radical (unpaired) electrons. The average molecular weight is 290 g/mol. The molecule has 0 heterocycles. The maximum Gasteiger partial charge on any atom is 0.305 e. The molecule has 0 fully saturated rings. The Hall–Kier alpha value is -1.66. The van der Waals surface area contributed by atoms with Crippen LogP contribution in [-0.4, -0.2) is 32.4 Å². The largest absolute Gasteiger partial charge is 0.495 e. The van der Waals surface area contributed by atoms with Gasteiger partial charge < -0.3 is 25.1 Å². The average Bonchev–Trinajstić information content (AvgIpc) is 2.36. The highest BCUT2D eigenvalue weighted by Gasteiger charge is 2.23. The fraction of sp³-hybridized carbons (Fsp3) is 0.417. The number of carboxylic acid groups (broad SMARTS) is 1. The van der Waals surface area contributed by atoms with Gasteiger partial charge in [-0.3, -0.25) is 4.79 Å². The number of ether oxygens (including phenoxy) is 3. The standard InChI is InChI=1S/C12H16ClNO5/c1-17-8-4-6(7(14)5-9(15)16)11(18-2)10(13)12(8)19-3/h4,7H,5,14H2,1-3H3,(H,15,16). The molecule has 3 N–H and O–H groups in total. The van der Waals surface area contributed by atoms with E-state index in [-0.39, 0.29) is 17.2 Å². The van der Waals surface area contributed by atoms with Gasteiger partial charge in [-0.1, -0.05) is 11.6 Å². The number of aliphatic carboxylic acids is 1. The van der Waals surface area contributed by atoms with Crippen LogP contribution in [0.2, 0.25) is 5.02 Å². The smallest absolute Gasteiger partial charge is 0.305 e. The zero-order valence-electron chi connectivity index (χ0n) is 10.9. The topological polar surface area (TPSA) is 91.0 Å². The van der Waals surface area contributed by atoms with Crippen molar-refractivity contribution in [1.82, 2.24) is 0 Å². The molecule has 0 bridgehead atoms. The van der Waals surface area contributed by atoms with Crippen LogP contribution in [0.25, 0.3) is 0 Å². The molecule has 1 rings (SSSR count). The lowest BCUT2D eigenvalue weighted by molar-refractivity contribution is -0.137. The summed E-state index contributed by atoms with van der Waals surface area (Å²) in [4.78, 5) is 10.7. The molecule has 0 amide bonds. The fourth-order valence-corrected chi connectivity index (χ4v) is 2.09. The van der Waals surface area contributed by atoms with Gasteiger partial charge in [0.25, 0.3) is 0 Å². The molecule has 1 aromatic rings. The Morgan fingerprint density at radius 1 is 1.32 bits per heavy atom. The minimum absolute atomic E-state index is 0.195. The van der Waals surface area contributed by atoms with Crippen LogP contribution in [0.1, 0.15) is 18.0 Å². The summed E-state index contributed by atoms with van der Waals surface area (Å²) >= 11 is 6.15. The monoisotopic (exact) mass is 289 g/mol. The Bertz CT molecular complexity index is 478. The molecule has 0 saturated carbocycles. The second kappa shape index (κ2) is 6.49. The van der Waals surface area contributed by atoms with E-state index in [9.17, 15) is 4.79 Å². The number of carbonyl (C=O) groups is 1. The maximum atomic E-state index is 10.7.